The molecule has 6 aromatic rings. The summed E-state index contributed by atoms with van der Waals surface area (Å²) in [6.07, 6.45) is 0.771. The Labute approximate surface area is 252 Å². The van der Waals surface area contributed by atoms with Gasteiger partial charge in [0.2, 0.25) is 5.91 Å². The van der Waals surface area contributed by atoms with Crippen molar-refractivity contribution in [3.8, 4) is 16.9 Å². The molecule has 3 heterocycles. The lowest BCUT2D eigenvalue weighted by Crippen LogP contribution is -2.29. The van der Waals surface area contributed by atoms with Crippen LogP contribution in [-0.2, 0) is 11.2 Å². The highest BCUT2D eigenvalue weighted by Crippen LogP contribution is 2.28. The summed E-state index contributed by atoms with van der Waals surface area (Å²) in [6.45, 7) is 4.05. The van der Waals surface area contributed by atoms with Crippen molar-refractivity contribution in [1.29, 1.82) is 0 Å². The van der Waals surface area contributed by atoms with E-state index in [9.17, 15) is 14.0 Å². The zero-order valence-electron chi connectivity index (χ0n) is 23.8. The number of hydrogen-bond acceptors (Lipinski definition) is 5. The number of para-hydroxylation sites is 1. The van der Waals surface area contributed by atoms with Gasteiger partial charge < -0.3 is 5.32 Å². The molecule has 6 rings (SSSR count). The molecule has 0 fully saturated rings. The Bertz CT molecular complexity index is 1920. The van der Waals surface area contributed by atoms with Crippen molar-refractivity contribution in [2.24, 2.45) is 0 Å². The minimum atomic E-state index is -0.410. The molecule has 3 aromatic carbocycles. The lowest BCUT2D eigenvalue weighted by atomic mass is 9.88. The van der Waals surface area contributed by atoms with E-state index >= 15 is 0 Å². The molecule has 0 atom stereocenters. The molecule has 1 N–H and O–H groups in total. The van der Waals surface area contributed by atoms with Gasteiger partial charge in [-0.3, -0.25) is 14.0 Å². The summed E-state index contributed by atoms with van der Waals surface area (Å²) in [4.78, 5) is 32.1. The quantitative estimate of drug-likeness (QED) is 0.216. The van der Waals surface area contributed by atoms with Crippen molar-refractivity contribution in [1.82, 2.24) is 24.5 Å². The first-order chi connectivity index (χ1) is 20.9. The minimum Gasteiger partial charge on any atom is -0.356 e. The Morgan fingerprint density at radius 1 is 0.953 bits per heavy atom. The SMILES string of the molecule is Cc1nc2scc(CC(=O)NCCC(c3ccccc3)c3ccccc3)n2c(=O)c1-c1cc(C)n(-c2ccccc2F)n1. The predicted octanol–water partition coefficient (Wildman–Crippen LogP) is 6.25. The van der Waals surface area contributed by atoms with Crippen molar-refractivity contribution >= 4 is 22.2 Å². The van der Waals surface area contributed by atoms with E-state index in [2.05, 4.69) is 39.7 Å². The topological polar surface area (TPSA) is 81.3 Å². The minimum absolute atomic E-state index is 0.0358. The Hall–Kier alpha value is -4.89. The smallest absolute Gasteiger partial charge is 0.268 e. The van der Waals surface area contributed by atoms with Gasteiger partial charge >= 0.3 is 0 Å². The van der Waals surface area contributed by atoms with Gasteiger partial charge in [-0.25, -0.2) is 14.1 Å². The third kappa shape index (κ3) is 5.76. The highest BCUT2D eigenvalue weighted by Gasteiger charge is 2.21. The van der Waals surface area contributed by atoms with E-state index in [0.29, 0.717) is 45.5 Å². The Balaban J connectivity index is 1.22. The number of benzene rings is 3. The van der Waals surface area contributed by atoms with Gasteiger partial charge in [0, 0.05) is 29.2 Å². The maximum atomic E-state index is 14.5. The van der Waals surface area contributed by atoms with Crippen LogP contribution < -0.4 is 10.9 Å². The first-order valence-corrected chi connectivity index (χ1v) is 15.0. The van der Waals surface area contributed by atoms with Crippen molar-refractivity contribution < 1.29 is 9.18 Å². The summed E-state index contributed by atoms with van der Waals surface area (Å²) >= 11 is 1.32. The molecule has 0 saturated heterocycles. The summed E-state index contributed by atoms with van der Waals surface area (Å²) in [5, 5.41) is 9.41. The lowest BCUT2D eigenvalue weighted by molar-refractivity contribution is -0.120. The van der Waals surface area contributed by atoms with Crippen LogP contribution in [0.15, 0.2) is 101 Å². The summed E-state index contributed by atoms with van der Waals surface area (Å²) in [5.41, 5.74) is 4.87. The second kappa shape index (κ2) is 12.1. The summed E-state index contributed by atoms with van der Waals surface area (Å²) in [7, 11) is 0. The van der Waals surface area contributed by atoms with E-state index in [0.717, 1.165) is 6.42 Å². The Kier molecular flexibility index (Phi) is 7.98. The van der Waals surface area contributed by atoms with E-state index < -0.39 is 5.82 Å². The second-order valence-electron chi connectivity index (χ2n) is 10.4. The molecule has 0 spiro atoms. The molecule has 1 amide bonds. The van der Waals surface area contributed by atoms with Gasteiger partial charge in [0.1, 0.15) is 17.2 Å². The number of fused-ring (bicyclic) bond motifs is 1. The van der Waals surface area contributed by atoms with Crippen molar-refractivity contribution in [3.05, 3.63) is 141 Å². The lowest BCUT2D eigenvalue weighted by Gasteiger charge is -2.18. The van der Waals surface area contributed by atoms with Crippen LogP contribution in [-0.4, -0.2) is 31.6 Å². The van der Waals surface area contributed by atoms with Crippen LogP contribution in [0.25, 0.3) is 21.9 Å². The summed E-state index contributed by atoms with van der Waals surface area (Å²) in [6, 6.07) is 28.6. The van der Waals surface area contributed by atoms with Crippen LogP contribution in [0.4, 0.5) is 4.39 Å². The average Bonchev–Trinajstić information content (AvgIpc) is 3.59. The fourth-order valence-electron chi connectivity index (χ4n) is 5.47. The number of halogens is 1. The molecule has 0 aliphatic rings. The molecule has 9 heteroatoms. The molecule has 0 aliphatic carbocycles. The fourth-order valence-corrected chi connectivity index (χ4v) is 6.39. The van der Waals surface area contributed by atoms with Gasteiger partial charge in [-0.15, -0.1) is 11.3 Å². The van der Waals surface area contributed by atoms with Crippen LogP contribution in [0.5, 0.6) is 0 Å². The molecule has 216 valence electrons. The van der Waals surface area contributed by atoms with E-state index in [1.165, 1.54) is 37.6 Å². The van der Waals surface area contributed by atoms with Gasteiger partial charge in [-0.1, -0.05) is 72.8 Å². The zero-order chi connectivity index (χ0) is 29.9. The standard InChI is InChI=1S/C34H30FN5O2S/c1-22-19-29(38-40(22)30-16-10-9-15-28(30)35)32-23(2)37-34-39(33(32)42)26(21-43-34)20-31(41)36-18-17-27(24-11-5-3-6-12-24)25-13-7-4-8-14-25/h3-16,19,21,27H,17-18,20H2,1-2H3,(H,36,41). The first kappa shape index (κ1) is 28.2. The van der Waals surface area contributed by atoms with Gasteiger partial charge in [0.15, 0.2) is 4.96 Å². The molecule has 0 aliphatic heterocycles. The molecule has 3 aromatic heterocycles. The number of thiazole rings is 1. The number of nitrogens with zero attached hydrogens (tertiary/aromatic N) is 4. The van der Waals surface area contributed by atoms with Crippen LogP contribution in [0.1, 0.15) is 40.5 Å². The van der Waals surface area contributed by atoms with Gasteiger partial charge in [-0.05, 0) is 49.6 Å². The number of amides is 1. The number of hydrogen-bond donors (Lipinski definition) is 1. The van der Waals surface area contributed by atoms with E-state index in [1.54, 1.807) is 36.6 Å². The third-order valence-corrected chi connectivity index (χ3v) is 8.42. The number of carbonyl (C=O) groups is 1. The number of aryl methyl sites for hydroxylation is 2. The summed E-state index contributed by atoms with van der Waals surface area (Å²) in [5.74, 6) is -0.435. The maximum Gasteiger partial charge on any atom is 0.268 e. The molecular formula is C34H30FN5O2S. The molecular weight excluding hydrogens is 561 g/mol. The zero-order valence-corrected chi connectivity index (χ0v) is 24.6. The normalized spacial score (nSPS) is 11.3. The van der Waals surface area contributed by atoms with Gasteiger partial charge in [0.25, 0.3) is 5.56 Å². The molecule has 43 heavy (non-hydrogen) atoms. The molecule has 7 nitrogen and oxygen atoms in total. The molecule has 0 radical (unpaired) electrons. The average molecular weight is 592 g/mol. The number of aromatic nitrogens is 4. The number of carbonyl (C=O) groups excluding carboxylic acids is 1. The molecule has 0 unspecified atom stereocenters. The monoisotopic (exact) mass is 591 g/mol. The Morgan fingerprint density at radius 2 is 1.60 bits per heavy atom. The first-order valence-electron chi connectivity index (χ1n) is 14.1. The van der Waals surface area contributed by atoms with Crippen molar-refractivity contribution in [3.63, 3.8) is 0 Å². The van der Waals surface area contributed by atoms with Crippen molar-refractivity contribution in [2.45, 2.75) is 32.6 Å². The van der Waals surface area contributed by atoms with Crippen LogP contribution in [0.2, 0.25) is 0 Å². The largest absolute Gasteiger partial charge is 0.356 e. The number of rotatable bonds is 9. The Morgan fingerprint density at radius 3 is 2.28 bits per heavy atom. The van der Waals surface area contributed by atoms with E-state index in [-0.39, 0.29) is 23.8 Å². The highest BCUT2D eigenvalue weighted by atomic mass is 32.1. The van der Waals surface area contributed by atoms with Crippen LogP contribution >= 0.6 is 11.3 Å². The van der Waals surface area contributed by atoms with Crippen LogP contribution in [0, 0.1) is 19.7 Å². The summed E-state index contributed by atoms with van der Waals surface area (Å²) < 4.78 is 17.5. The number of nitrogens with one attached hydrogen (secondary N) is 1. The highest BCUT2D eigenvalue weighted by molar-refractivity contribution is 7.15. The van der Waals surface area contributed by atoms with E-state index in [4.69, 9.17) is 0 Å². The molecule has 0 bridgehead atoms. The third-order valence-electron chi connectivity index (χ3n) is 7.55. The fraction of sp³-hybridized carbons (Fsp3) is 0.176. The van der Waals surface area contributed by atoms with Crippen molar-refractivity contribution in [2.75, 3.05) is 6.54 Å². The molecule has 0 saturated carbocycles. The van der Waals surface area contributed by atoms with Gasteiger partial charge in [0.05, 0.1) is 17.7 Å². The van der Waals surface area contributed by atoms with Gasteiger partial charge in [-0.2, -0.15) is 5.10 Å². The maximum absolute atomic E-state index is 14.5. The van der Waals surface area contributed by atoms with E-state index in [1.807, 2.05) is 43.3 Å². The van der Waals surface area contributed by atoms with Crippen LogP contribution in [0.3, 0.4) is 0 Å². The second-order valence-corrected chi connectivity index (χ2v) is 11.3. The predicted molar refractivity (Wildman–Crippen MR) is 167 cm³/mol.